The van der Waals surface area contributed by atoms with E-state index in [4.69, 9.17) is 16.3 Å². The standard InChI is InChI=1S/C18H18ClFN2O4S/c1-12-2-4-14(27(24,25)22-6-8-26-9-7-22)11-15(12)18(23)21-13-3-5-17(20)16(19)10-13/h2-5,10-11H,6-9H2,1H3,(H,21,23). The van der Waals surface area contributed by atoms with Crippen LogP contribution in [0.2, 0.25) is 5.02 Å². The summed E-state index contributed by atoms with van der Waals surface area (Å²) in [6.07, 6.45) is 0. The van der Waals surface area contributed by atoms with Gasteiger partial charge in [0.1, 0.15) is 5.82 Å². The number of hydrogen-bond donors (Lipinski definition) is 1. The number of ether oxygens (including phenoxy) is 1. The smallest absolute Gasteiger partial charge is 0.255 e. The van der Waals surface area contributed by atoms with E-state index in [2.05, 4.69) is 5.32 Å². The monoisotopic (exact) mass is 412 g/mol. The number of aryl methyl sites for hydroxylation is 1. The Kier molecular flexibility index (Phi) is 5.81. The average Bonchev–Trinajstić information content (AvgIpc) is 2.65. The summed E-state index contributed by atoms with van der Waals surface area (Å²) in [6, 6.07) is 8.22. The van der Waals surface area contributed by atoms with Crippen molar-refractivity contribution in [2.75, 3.05) is 31.6 Å². The minimum absolute atomic E-state index is 0.0392. The maximum atomic E-state index is 13.3. The lowest BCUT2D eigenvalue weighted by molar-refractivity contribution is 0.0730. The zero-order chi connectivity index (χ0) is 19.6. The van der Waals surface area contributed by atoms with Crippen molar-refractivity contribution in [1.29, 1.82) is 0 Å². The summed E-state index contributed by atoms with van der Waals surface area (Å²) in [7, 11) is -3.72. The zero-order valence-electron chi connectivity index (χ0n) is 14.5. The van der Waals surface area contributed by atoms with E-state index in [0.717, 1.165) is 6.07 Å². The predicted octanol–water partition coefficient (Wildman–Crippen LogP) is 3.06. The number of halogens is 2. The normalized spacial score (nSPS) is 15.5. The van der Waals surface area contributed by atoms with Crippen LogP contribution in [0, 0.1) is 12.7 Å². The lowest BCUT2D eigenvalue weighted by Crippen LogP contribution is -2.40. The minimum Gasteiger partial charge on any atom is -0.379 e. The molecule has 0 unspecified atom stereocenters. The Morgan fingerprint density at radius 3 is 2.56 bits per heavy atom. The second-order valence-electron chi connectivity index (χ2n) is 6.08. The summed E-state index contributed by atoms with van der Waals surface area (Å²) in [4.78, 5) is 12.6. The number of rotatable bonds is 4. The number of hydrogen-bond acceptors (Lipinski definition) is 4. The molecule has 1 saturated heterocycles. The molecule has 144 valence electrons. The number of sulfonamides is 1. The lowest BCUT2D eigenvalue weighted by atomic mass is 10.1. The topological polar surface area (TPSA) is 75.7 Å². The Labute approximate surface area is 161 Å². The van der Waals surface area contributed by atoms with Gasteiger partial charge < -0.3 is 10.1 Å². The Bertz CT molecular complexity index is 975. The molecule has 6 nitrogen and oxygen atoms in total. The zero-order valence-corrected chi connectivity index (χ0v) is 16.1. The van der Waals surface area contributed by atoms with E-state index in [9.17, 15) is 17.6 Å². The van der Waals surface area contributed by atoms with E-state index in [1.165, 1.54) is 28.6 Å². The summed E-state index contributed by atoms with van der Waals surface area (Å²) in [5.41, 5.74) is 1.14. The molecule has 0 radical (unpaired) electrons. The number of morpholine rings is 1. The van der Waals surface area contributed by atoms with E-state index in [-0.39, 0.29) is 28.6 Å². The van der Waals surface area contributed by atoms with E-state index in [1.54, 1.807) is 13.0 Å². The molecule has 1 heterocycles. The molecule has 1 aliphatic rings. The van der Waals surface area contributed by atoms with Crippen molar-refractivity contribution in [3.63, 3.8) is 0 Å². The van der Waals surface area contributed by atoms with Crippen LogP contribution in [0.3, 0.4) is 0 Å². The van der Waals surface area contributed by atoms with Crippen LogP contribution in [0.4, 0.5) is 10.1 Å². The van der Waals surface area contributed by atoms with Gasteiger partial charge in [-0.3, -0.25) is 4.79 Å². The molecule has 2 aromatic carbocycles. The van der Waals surface area contributed by atoms with Crippen LogP contribution in [-0.2, 0) is 14.8 Å². The highest BCUT2D eigenvalue weighted by atomic mass is 35.5. The molecule has 0 bridgehead atoms. The molecule has 1 N–H and O–H groups in total. The van der Waals surface area contributed by atoms with Gasteiger partial charge in [0.2, 0.25) is 10.0 Å². The molecule has 0 aromatic heterocycles. The quantitative estimate of drug-likeness (QED) is 0.837. The van der Waals surface area contributed by atoms with Crippen molar-refractivity contribution in [3.05, 3.63) is 58.4 Å². The fourth-order valence-electron chi connectivity index (χ4n) is 2.71. The van der Waals surface area contributed by atoms with E-state index in [1.807, 2.05) is 0 Å². The average molecular weight is 413 g/mol. The first-order chi connectivity index (χ1) is 12.8. The van der Waals surface area contributed by atoms with Crippen molar-refractivity contribution in [2.24, 2.45) is 0 Å². The Balaban J connectivity index is 1.88. The van der Waals surface area contributed by atoms with Crippen LogP contribution in [0.15, 0.2) is 41.3 Å². The molecule has 0 aliphatic carbocycles. The lowest BCUT2D eigenvalue weighted by Gasteiger charge is -2.26. The van der Waals surface area contributed by atoms with Gasteiger partial charge in [0.05, 0.1) is 23.1 Å². The molecule has 0 atom stereocenters. The van der Waals surface area contributed by atoms with Crippen molar-refractivity contribution < 1.29 is 22.3 Å². The molecule has 0 saturated carbocycles. The van der Waals surface area contributed by atoms with E-state index < -0.39 is 21.7 Å². The fourth-order valence-corrected chi connectivity index (χ4v) is 4.33. The molecule has 9 heteroatoms. The van der Waals surface area contributed by atoms with E-state index >= 15 is 0 Å². The number of nitrogens with zero attached hydrogens (tertiary/aromatic N) is 1. The van der Waals surface area contributed by atoms with Crippen LogP contribution in [-0.4, -0.2) is 44.9 Å². The highest BCUT2D eigenvalue weighted by Crippen LogP contribution is 2.23. The maximum Gasteiger partial charge on any atom is 0.255 e. The van der Waals surface area contributed by atoms with Crippen LogP contribution in [0.5, 0.6) is 0 Å². The summed E-state index contributed by atoms with van der Waals surface area (Å²) in [5.74, 6) is -1.10. The number of nitrogens with one attached hydrogen (secondary N) is 1. The van der Waals surface area contributed by atoms with E-state index in [0.29, 0.717) is 24.5 Å². The van der Waals surface area contributed by atoms with Gasteiger partial charge in [-0.1, -0.05) is 17.7 Å². The molecule has 27 heavy (non-hydrogen) atoms. The predicted molar refractivity (Wildman–Crippen MR) is 100 cm³/mol. The summed E-state index contributed by atoms with van der Waals surface area (Å²) >= 11 is 5.72. The van der Waals surface area contributed by atoms with Gasteiger partial charge in [-0.15, -0.1) is 0 Å². The van der Waals surface area contributed by atoms with Gasteiger partial charge in [0.25, 0.3) is 5.91 Å². The largest absolute Gasteiger partial charge is 0.379 e. The first-order valence-corrected chi connectivity index (χ1v) is 10.1. The molecular weight excluding hydrogens is 395 g/mol. The van der Waals surface area contributed by atoms with Crippen molar-refractivity contribution in [3.8, 4) is 0 Å². The first kappa shape index (κ1) is 19.8. The number of anilines is 1. The highest BCUT2D eigenvalue weighted by Gasteiger charge is 2.27. The number of carbonyl (C=O) groups is 1. The molecule has 1 fully saturated rings. The van der Waals surface area contributed by atoms with Crippen molar-refractivity contribution >= 4 is 33.2 Å². The maximum absolute atomic E-state index is 13.3. The third-order valence-corrected chi connectivity index (χ3v) is 6.42. The molecule has 2 aromatic rings. The number of carbonyl (C=O) groups excluding carboxylic acids is 1. The second kappa shape index (κ2) is 7.93. The van der Waals surface area contributed by atoms with Crippen LogP contribution >= 0.6 is 11.6 Å². The third-order valence-electron chi connectivity index (χ3n) is 4.24. The Morgan fingerprint density at radius 1 is 1.19 bits per heavy atom. The fraction of sp³-hybridized carbons (Fsp3) is 0.278. The van der Waals surface area contributed by atoms with Gasteiger partial charge in [0, 0.05) is 24.3 Å². The Morgan fingerprint density at radius 2 is 1.89 bits per heavy atom. The molecule has 3 rings (SSSR count). The first-order valence-electron chi connectivity index (χ1n) is 8.24. The van der Waals surface area contributed by atoms with Crippen molar-refractivity contribution in [1.82, 2.24) is 4.31 Å². The van der Waals surface area contributed by atoms with Gasteiger partial charge in [-0.25, -0.2) is 12.8 Å². The highest BCUT2D eigenvalue weighted by molar-refractivity contribution is 7.89. The summed E-state index contributed by atoms with van der Waals surface area (Å²) in [6.45, 7) is 2.92. The van der Waals surface area contributed by atoms with Gasteiger partial charge in [0.15, 0.2) is 0 Å². The van der Waals surface area contributed by atoms with Crippen LogP contribution in [0.25, 0.3) is 0 Å². The molecule has 1 amide bonds. The third kappa shape index (κ3) is 4.30. The number of amides is 1. The van der Waals surface area contributed by atoms with Crippen molar-refractivity contribution in [2.45, 2.75) is 11.8 Å². The minimum atomic E-state index is -3.72. The van der Waals surface area contributed by atoms with Gasteiger partial charge in [-0.2, -0.15) is 4.31 Å². The number of benzene rings is 2. The SMILES string of the molecule is Cc1ccc(S(=O)(=O)N2CCOCC2)cc1C(=O)Nc1ccc(F)c(Cl)c1. The summed E-state index contributed by atoms with van der Waals surface area (Å²) in [5, 5.41) is 2.49. The molecule has 1 aliphatic heterocycles. The molecular formula is C18H18ClFN2O4S. The van der Waals surface area contributed by atoms with Gasteiger partial charge >= 0.3 is 0 Å². The molecule has 0 spiro atoms. The van der Waals surface area contributed by atoms with Crippen LogP contribution in [0.1, 0.15) is 15.9 Å². The summed E-state index contributed by atoms with van der Waals surface area (Å²) < 4.78 is 45.4. The second-order valence-corrected chi connectivity index (χ2v) is 8.42. The Hall–Kier alpha value is -2.00. The van der Waals surface area contributed by atoms with Gasteiger partial charge in [-0.05, 0) is 42.8 Å². The van der Waals surface area contributed by atoms with Crippen LogP contribution < -0.4 is 5.32 Å².